The van der Waals surface area contributed by atoms with Crippen molar-refractivity contribution >= 4 is 70.2 Å². The van der Waals surface area contributed by atoms with E-state index >= 15 is 0 Å². The lowest BCUT2D eigenvalue weighted by Gasteiger charge is -2.28. The Kier molecular flexibility index (Phi) is 18.2. The van der Waals surface area contributed by atoms with Gasteiger partial charge in [0, 0.05) is 67.8 Å². The van der Waals surface area contributed by atoms with Gasteiger partial charge in [-0.3, -0.25) is 48.2 Å². The minimum Gasteiger partial charge on any atom is -0.370 e. The molecule has 2 bridgehead atoms. The summed E-state index contributed by atoms with van der Waals surface area (Å²) in [6.45, 7) is 1.54. The molecule has 0 saturated carbocycles. The molecule has 2 aromatic heterocycles. The number of rotatable bonds is 11. The fraction of sp³-hybridized carbons (Fsp3) is 0.426. The number of primary amides is 1. The van der Waals surface area contributed by atoms with Gasteiger partial charge in [0.05, 0.1) is 6.33 Å². The number of guanidine groups is 1. The minimum atomic E-state index is -1.42. The molecular formula is C47H61N15O9. The summed E-state index contributed by atoms with van der Waals surface area (Å²) >= 11 is 0. The Morgan fingerprint density at radius 1 is 0.718 bits per heavy atom. The topological polar surface area (TPSA) is 376 Å². The number of hydrogen-bond donors (Lipinski definition) is 12. The monoisotopic (exact) mass is 979 g/mol. The lowest BCUT2D eigenvalue weighted by Crippen LogP contribution is -2.60. The van der Waals surface area contributed by atoms with Crippen LogP contribution >= 0.6 is 0 Å². The number of imide groups is 1. The number of carbonyl (C=O) groups excluding carboxylic acids is 9. The Morgan fingerprint density at radius 3 is 2.07 bits per heavy atom. The van der Waals surface area contributed by atoms with Crippen LogP contribution in [0.1, 0.15) is 68.7 Å². The van der Waals surface area contributed by atoms with Crippen LogP contribution in [0.3, 0.4) is 0 Å². The maximum atomic E-state index is 14.6. The molecule has 0 aliphatic carbocycles. The highest BCUT2D eigenvalue weighted by atomic mass is 16.2. The van der Waals surface area contributed by atoms with Crippen LogP contribution in [0.15, 0.2) is 78.3 Å². The van der Waals surface area contributed by atoms with Gasteiger partial charge in [-0.2, -0.15) is 0 Å². The number of nitrogens with zero attached hydrogens (tertiary/aromatic N) is 3. The van der Waals surface area contributed by atoms with Crippen LogP contribution in [0.25, 0.3) is 10.9 Å². The molecule has 0 spiro atoms. The van der Waals surface area contributed by atoms with Gasteiger partial charge in [-0.15, -0.1) is 0 Å². The zero-order valence-electron chi connectivity index (χ0n) is 39.2. The van der Waals surface area contributed by atoms with Gasteiger partial charge in [0.15, 0.2) is 5.96 Å². The zero-order valence-corrected chi connectivity index (χ0v) is 39.2. The van der Waals surface area contributed by atoms with Crippen molar-refractivity contribution in [2.45, 2.75) is 113 Å². The van der Waals surface area contributed by atoms with Gasteiger partial charge in [0.1, 0.15) is 42.3 Å². The summed E-state index contributed by atoms with van der Waals surface area (Å²) in [5.74, 6) is -6.29. The van der Waals surface area contributed by atoms with Crippen molar-refractivity contribution in [1.82, 2.24) is 57.1 Å². The summed E-state index contributed by atoms with van der Waals surface area (Å²) in [4.78, 5) is 139. The number of imidazole rings is 1. The third-order valence-corrected chi connectivity index (χ3v) is 12.2. The van der Waals surface area contributed by atoms with E-state index in [1.165, 1.54) is 19.4 Å². The molecule has 0 radical (unpaired) electrons. The summed E-state index contributed by atoms with van der Waals surface area (Å²) in [5, 5.41) is 19.6. The second kappa shape index (κ2) is 24.8. The van der Waals surface area contributed by atoms with Gasteiger partial charge >= 0.3 is 6.03 Å². The molecule has 6 rings (SSSR count). The number of hydrogen-bond acceptors (Lipinski definition) is 11. The van der Waals surface area contributed by atoms with Crippen LogP contribution in [0, 0.1) is 0 Å². The number of carbonyl (C=O) groups is 9. The number of nitrogens with two attached hydrogens (primary N) is 3. The maximum Gasteiger partial charge on any atom is 0.325 e. The predicted octanol–water partition coefficient (Wildman–Crippen LogP) is -1.73. The number of aliphatic imine (C=N–C) groups is 1. The Labute approximate surface area is 408 Å². The molecule has 2 fully saturated rings. The quantitative estimate of drug-likeness (QED) is 0.0346. The number of amides is 10. The van der Waals surface area contributed by atoms with E-state index in [2.05, 4.69) is 57.2 Å². The highest BCUT2D eigenvalue weighted by molar-refractivity contribution is 6.08. The van der Waals surface area contributed by atoms with Gasteiger partial charge in [0.25, 0.3) is 5.91 Å². The third kappa shape index (κ3) is 14.6. The van der Waals surface area contributed by atoms with Crippen LogP contribution < -0.4 is 54.4 Å². The molecule has 24 heteroatoms. The second-order valence-corrected chi connectivity index (χ2v) is 17.5. The highest BCUT2D eigenvalue weighted by Crippen LogP contribution is 2.20. The molecule has 71 heavy (non-hydrogen) atoms. The predicted molar refractivity (Wildman–Crippen MR) is 258 cm³/mol. The molecular weight excluding hydrogens is 919 g/mol. The van der Waals surface area contributed by atoms with Crippen LogP contribution in [0.4, 0.5) is 4.79 Å². The molecule has 10 amide bonds. The smallest absolute Gasteiger partial charge is 0.325 e. The van der Waals surface area contributed by atoms with Crippen LogP contribution in [0.2, 0.25) is 0 Å². The first-order valence-corrected chi connectivity index (χ1v) is 23.4. The first-order valence-electron chi connectivity index (χ1n) is 23.4. The number of nitrogens with one attached hydrogen (secondary N) is 9. The molecule has 4 heterocycles. The zero-order chi connectivity index (χ0) is 51.0. The van der Waals surface area contributed by atoms with Gasteiger partial charge in [-0.25, -0.2) is 9.78 Å². The van der Waals surface area contributed by atoms with Gasteiger partial charge < -0.3 is 64.4 Å². The Morgan fingerprint density at radius 2 is 1.37 bits per heavy atom. The van der Waals surface area contributed by atoms with Crippen LogP contribution in [-0.2, 0) is 57.6 Å². The fourth-order valence-electron chi connectivity index (χ4n) is 8.35. The third-order valence-electron chi connectivity index (χ3n) is 12.2. The number of urea groups is 1. The SMILES string of the molecule is C[C@@H]1C(=O)N[C@@H](Cc2cnc[nH]2)C(=O)N[C@@H](Cc2ccccc2)C(=O)N[C@@H](CCCN=C(N)N)C(=O)N[C@@H](Cc2c[nH]c3ccccc23)C(=O)N[C@H](C(N)=O)CCCCNC(=O)CC[C@@H]2NC(=O)N1C2=O. The van der Waals surface area contributed by atoms with Gasteiger partial charge in [-0.05, 0) is 62.6 Å². The average molecular weight is 980 g/mol. The van der Waals surface area contributed by atoms with Crippen molar-refractivity contribution in [1.29, 1.82) is 0 Å². The summed E-state index contributed by atoms with van der Waals surface area (Å²) in [6, 6.07) is 5.96. The van der Waals surface area contributed by atoms with Crippen LogP contribution in [0.5, 0.6) is 0 Å². The molecule has 4 aromatic rings. The van der Waals surface area contributed by atoms with Crippen LogP contribution in [-0.4, -0.2) is 134 Å². The first kappa shape index (κ1) is 52.1. The van der Waals surface area contributed by atoms with Crippen molar-refractivity contribution in [3.63, 3.8) is 0 Å². The summed E-state index contributed by atoms with van der Waals surface area (Å²) in [6.07, 6.45) is 4.82. The Bertz CT molecular complexity index is 2580. The molecule has 7 atom stereocenters. The average Bonchev–Trinajstić information content (AvgIpc) is 4.08. The van der Waals surface area contributed by atoms with E-state index in [1.807, 2.05) is 24.3 Å². The van der Waals surface area contributed by atoms with E-state index in [4.69, 9.17) is 17.2 Å². The molecule has 15 N–H and O–H groups in total. The standard InChI is InChI=1S/C47H61N15O9/c1-26-40(65)58-37(22-29-24-51-25-55-29)44(69)59-35(20-27-10-3-2-4-11-27)42(67)57-33(15-9-19-53-46(49)50)41(66)60-36(21-28-23-54-31-13-6-5-12-30(28)31)43(68)56-32(39(48)64)14-7-8-18-52-38(63)17-16-34-45(70)62(26)47(71)61-34/h2-6,10-13,23-26,32-37,54H,7-9,14-22H2,1H3,(H2,48,64)(H,51,55)(H,52,63)(H,56,68)(H,57,67)(H,58,65)(H,59,69)(H,60,66)(H,61,71)(H4,49,50,53)/t26-,32+,33+,34+,35+,36+,37+/m1/s1. The van der Waals surface area contributed by atoms with Crippen molar-refractivity contribution < 1.29 is 43.2 Å². The molecule has 0 unspecified atom stereocenters. The summed E-state index contributed by atoms with van der Waals surface area (Å²) in [7, 11) is 0. The van der Waals surface area contributed by atoms with Gasteiger partial charge in [0.2, 0.25) is 41.4 Å². The minimum absolute atomic E-state index is 0.0533. The second-order valence-electron chi connectivity index (χ2n) is 17.5. The summed E-state index contributed by atoms with van der Waals surface area (Å²) in [5.41, 5.74) is 19.4. The number of fused-ring (bicyclic) bond motifs is 3. The Hall–Kier alpha value is -8.31. The molecule has 2 aliphatic heterocycles. The lowest BCUT2D eigenvalue weighted by molar-refractivity contribution is -0.137. The van der Waals surface area contributed by atoms with E-state index in [0.29, 0.717) is 29.7 Å². The number of aromatic amines is 2. The van der Waals surface area contributed by atoms with E-state index < -0.39 is 95.6 Å². The van der Waals surface area contributed by atoms with E-state index in [9.17, 15) is 43.2 Å². The molecule has 2 saturated heterocycles. The largest absolute Gasteiger partial charge is 0.370 e. The number of H-pyrrole nitrogens is 2. The van der Waals surface area contributed by atoms with E-state index in [-0.39, 0.29) is 70.4 Å². The first-order chi connectivity index (χ1) is 34.1. The number of aromatic nitrogens is 3. The maximum absolute atomic E-state index is 14.6. The van der Waals surface area contributed by atoms with Crippen molar-refractivity contribution in [2.75, 3.05) is 13.1 Å². The van der Waals surface area contributed by atoms with Crippen molar-refractivity contribution in [3.05, 3.63) is 90.1 Å². The Balaban J connectivity index is 1.35. The highest BCUT2D eigenvalue weighted by Gasteiger charge is 2.44. The van der Waals surface area contributed by atoms with E-state index in [0.717, 1.165) is 15.8 Å². The fourth-order valence-corrected chi connectivity index (χ4v) is 8.35. The van der Waals surface area contributed by atoms with E-state index in [1.54, 1.807) is 36.5 Å². The number of para-hydroxylation sites is 1. The summed E-state index contributed by atoms with van der Waals surface area (Å²) < 4.78 is 0. The molecule has 2 aromatic carbocycles. The number of benzene rings is 2. The lowest BCUT2D eigenvalue weighted by atomic mass is 10.0. The van der Waals surface area contributed by atoms with Crippen molar-refractivity contribution in [2.24, 2.45) is 22.2 Å². The van der Waals surface area contributed by atoms with Gasteiger partial charge in [-0.1, -0.05) is 48.5 Å². The van der Waals surface area contributed by atoms with Crippen molar-refractivity contribution in [3.8, 4) is 0 Å². The molecule has 24 nitrogen and oxygen atoms in total. The molecule has 378 valence electrons. The normalized spacial score (nSPS) is 23.8. The molecule has 2 aliphatic rings.